The number of hydrogen-bond donors (Lipinski definition) is 1. The van der Waals surface area contributed by atoms with Gasteiger partial charge in [0, 0.05) is 13.1 Å². The van der Waals surface area contributed by atoms with Crippen LogP contribution in [0.4, 0.5) is 10.3 Å². The van der Waals surface area contributed by atoms with Gasteiger partial charge in [-0.1, -0.05) is 11.3 Å². The van der Waals surface area contributed by atoms with Crippen molar-refractivity contribution >= 4 is 27.6 Å². The molecule has 17 heavy (non-hydrogen) atoms. The fraction of sp³-hybridized carbons (Fsp3) is 0.700. The van der Waals surface area contributed by atoms with Crippen LogP contribution in [0.2, 0.25) is 0 Å². The lowest BCUT2D eigenvalue weighted by molar-refractivity contribution is -0.148. The van der Waals surface area contributed by atoms with E-state index in [1.807, 2.05) is 6.92 Å². The Kier molecular flexibility index (Phi) is 3.78. The first-order chi connectivity index (χ1) is 8.20. The average molecular weight is 256 g/mol. The van der Waals surface area contributed by atoms with E-state index in [2.05, 4.69) is 15.1 Å². The van der Waals surface area contributed by atoms with Gasteiger partial charge in [0.25, 0.3) is 0 Å². The minimum absolute atomic E-state index is 0.0613. The van der Waals surface area contributed by atoms with Crippen molar-refractivity contribution < 1.29 is 9.53 Å². The fourth-order valence-electron chi connectivity index (χ4n) is 1.96. The molecule has 0 unspecified atom stereocenters. The zero-order valence-electron chi connectivity index (χ0n) is 9.76. The fourth-order valence-corrected chi connectivity index (χ4v) is 2.60. The molecule has 0 aromatic carbocycles. The molecular weight excluding hydrogens is 240 g/mol. The third kappa shape index (κ3) is 2.85. The summed E-state index contributed by atoms with van der Waals surface area (Å²) in [6, 6.07) is 0. The van der Waals surface area contributed by atoms with Crippen molar-refractivity contribution in [2.75, 3.05) is 30.3 Å². The number of hydrogen-bond acceptors (Lipinski definition) is 7. The number of ether oxygens (including phenoxy) is 1. The van der Waals surface area contributed by atoms with Crippen molar-refractivity contribution in [1.29, 1.82) is 0 Å². The highest BCUT2D eigenvalue weighted by Gasteiger charge is 2.28. The second-order valence-electron chi connectivity index (χ2n) is 3.96. The number of anilines is 2. The van der Waals surface area contributed by atoms with Gasteiger partial charge < -0.3 is 15.4 Å². The van der Waals surface area contributed by atoms with Crippen molar-refractivity contribution in [3.05, 3.63) is 0 Å². The molecule has 1 atom stereocenters. The zero-order valence-corrected chi connectivity index (χ0v) is 10.6. The lowest BCUT2D eigenvalue weighted by atomic mass is 9.99. The van der Waals surface area contributed by atoms with Gasteiger partial charge in [0.15, 0.2) is 0 Å². The molecule has 0 bridgehead atoms. The molecule has 94 valence electrons. The Hall–Kier alpha value is -1.37. The van der Waals surface area contributed by atoms with Crippen molar-refractivity contribution in [2.45, 2.75) is 19.8 Å². The molecule has 1 aromatic heterocycles. The van der Waals surface area contributed by atoms with Crippen LogP contribution in [-0.4, -0.2) is 35.9 Å². The monoisotopic (exact) mass is 256 g/mol. The predicted molar refractivity (Wildman–Crippen MR) is 65.9 cm³/mol. The number of piperidine rings is 1. The van der Waals surface area contributed by atoms with Crippen LogP contribution in [0.15, 0.2) is 0 Å². The van der Waals surface area contributed by atoms with Crippen LogP contribution in [0.1, 0.15) is 19.8 Å². The van der Waals surface area contributed by atoms with Crippen molar-refractivity contribution in [1.82, 2.24) is 10.2 Å². The predicted octanol–water partition coefficient (Wildman–Crippen LogP) is 0.900. The van der Waals surface area contributed by atoms with Crippen molar-refractivity contribution in [3.63, 3.8) is 0 Å². The van der Waals surface area contributed by atoms with Gasteiger partial charge in [-0.25, -0.2) is 0 Å². The standard InChI is InChI=1S/C10H16N4O2S/c1-2-16-8(15)7-4-3-5-14(6-7)10-13-12-9(11)17-10/h7H,2-6H2,1H3,(H2,11,12)/t7-/m1/s1. The third-order valence-electron chi connectivity index (χ3n) is 2.74. The number of nitrogen functional groups attached to an aromatic ring is 1. The van der Waals surface area contributed by atoms with E-state index in [-0.39, 0.29) is 11.9 Å². The minimum atomic E-state index is -0.116. The van der Waals surface area contributed by atoms with Crippen molar-refractivity contribution in [2.24, 2.45) is 5.92 Å². The van der Waals surface area contributed by atoms with E-state index < -0.39 is 0 Å². The smallest absolute Gasteiger partial charge is 0.310 e. The van der Waals surface area contributed by atoms with Crippen LogP contribution >= 0.6 is 11.3 Å². The Bertz CT molecular complexity index is 395. The number of rotatable bonds is 3. The summed E-state index contributed by atoms with van der Waals surface area (Å²) in [5.41, 5.74) is 5.55. The van der Waals surface area contributed by atoms with E-state index in [1.54, 1.807) is 0 Å². The second-order valence-corrected chi connectivity index (χ2v) is 4.95. The first-order valence-electron chi connectivity index (χ1n) is 5.71. The van der Waals surface area contributed by atoms with Gasteiger partial charge >= 0.3 is 5.97 Å². The molecule has 0 saturated carbocycles. The zero-order chi connectivity index (χ0) is 12.3. The molecular formula is C10H16N4O2S. The summed E-state index contributed by atoms with van der Waals surface area (Å²) < 4.78 is 5.05. The van der Waals surface area contributed by atoms with Gasteiger partial charge in [0.2, 0.25) is 10.3 Å². The first-order valence-corrected chi connectivity index (χ1v) is 6.53. The Morgan fingerprint density at radius 3 is 3.12 bits per heavy atom. The van der Waals surface area contributed by atoms with E-state index in [1.165, 1.54) is 11.3 Å². The molecule has 2 rings (SSSR count). The third-order valence-corrected chi connectivity index (χ3v) is 3.56. The molecule has 1 aliphatic heterocycles. The van der Waals surface area contributed by atoms with Gasteiger partial charge in [0.05, 0.1) is 12.5 Å². The van der Waals surface area contributed by atoms with E-state index >= 15 is 0 Å². The molecule has 0 radical (unpaired) electrons. The summed E-state index contributed by atoms with van der Waals surface area (Å²) in [5.74, 6) is -0.177. The van der Waals surface area contributed by atoms with Crippen LogP contribution in [-0.2, 0) is 9.53 Å². The van der Waals surface area contributed by atoms with Gasteiger partial charge in [0.1, 0.15) is 0 Å². The summed E-state index contributed by atoms with van der Waals surface area (Å²) in [6.45, 7) is 3.79. The lowest BCUT2D eigenvalue weighted by Crippen LogP contribution is -2.39. The summed E-state index contributed by atoms with van der Waals surface area (Å²) in [7, 11) is 0. The highest BCUT2D eigenvalue weighted by atomic mass is 32.1. The maximum absolute atomic E-state index is 11.7. The molecule has 0 aliphatic carbocycles. The second kappa shape index (κ2) is 5.31. The number of aromatic nitrogens is 2. The van der Waals surface area contributed by atoms with E-state index in [9.17, 15) is 4.79 Å². The van der Waals surface area contributed by atoms with E-state index in [4.69, 9.17) is 10.5 Å². The number of nitrogens with two attached hydrogens (primary N) is 1. The van der Waals surface area contributed by atoms with Crippen LogP contribution in [0.5, 0.6) is 0 Å². The van der Waals surface area contributed by atoms with Gasteiger partial charge in [-0.3, -0.25) is 4.79 Å². The summed E-state index contributed by atoms with van der Waals surface area (Å²) in [6.07, 6.45) is 1.84. The largest absolute Gasteiger partial charge is 0.466 e. The maximum atomic E-state index is 11.7. The van der Waals surface area contributed by atoms with Gasteiger partial charge in [-0.15, -0.1) is 10.2 Å². The molecule has 1 fully saturated rings. The molecule has 0 amide bonds. The number of esters is 1. The van der Waals surface area contributed by atoms with Gasteiger partial charge in [-0.05, 0) is 19.8 Å². The number of nitrogens with zero attached hydrogens (tertiary/aromatic N) is 3. The quantitative estimate of drug-likeness (QED) is 0.809. The Labute approximate surface area is 104 Å². The first kappa shape index (κ1) is 12.1. The molecule has 7 heteroatoms. The average Bonchev–Trinajstić information content (AvgIpc) is 2.76. The van der Waals surface area contributed by atoms with Crippen LogP contribution in [0, 0.1) is 5.92 Å². The van der Waals surface area contributed by atoms with Gasteiger partial charge in [-0.2, -0.15) is 0 Å². The topological polar surface area (TPSA) is 81.3 Å². The molecule has 0 spiro atoms. The van der Waals surface area contributed by atoms with Crippen molar-refractivity contribution in [3.8, 4) is 0 Å². The summed E-state index contributed by atoms with van der Waals surface area (Å²) in [4.78, 5) is 13.7. The Morgan fingerprint density at radius 2 is 2.47 bits per heavy atom. The lowest BCUT2D eigenvalue weighted by Gasteiger charge is -2.30. The molecule has 2 N–H and O–H groups in total. The number of carbonyl (C=O) groups excluding carboxylic acids is 1. The molecule has 1 aliphatic rings. The minimum Gasteiger partial charge on any atom is -0.466 e. The summed E-state index contributed by atoms with van der Waals surface area (Å²) >= 11 is 1.35. The molecule has 1 aromatic rings. The van der Waals surface area contributed by atoms with Crippen LogP contribution < -0.4 is 10.6 Å². The number of carbonyl (C=O) groups is 1. The van der Waals surface area contributed by atoms with E-state index in [0.717, 1.165) is 24.5 Å². The van der Waals surface area contributed by atoms with Crippen LogP contribution in [0.3, 0.4) is 0 Å². The molecule has 6 nitrogen and oxygen atoms in total. The highest BCUT2D eigenvalue weighted by molar-refractivity contribution is 7.18. The SMILES string of the molecule is CCOC(=O)[C@@H]1CCCN(c2nnc(N)s2)C1. The Morgan fingerprint density at radius 1 is 1.65 bits per heavy atom. The normalized spacial score (nSPS) is 20.3. The molecule has 2 heterocycles. The van der Waals surface area contributed by atoms with E-state index in [0.29, 0.717) is 18.3 Å². The van der Waals surface area contributed by atoms with Crippen LogP contribution in [0.25, 0.3) is 0 Å². The Balaban J connectivity index is 1.99. The maximum Gasteiger partial charge on any atom is 0.310 e. The molecule has 1 saturated heterocycles. The summed E-state index contributed by atoms with van der Waals surface area (Å²) in [5, 5.41) is 9.03. The highest BCUT2D eigenvalue weighted by Crippen LogP contribution is 2.27.